The first-order valence-corrected chi connectivity index (χ1v) is 12.4. The Hall–Kier alpha value is -5.38. The monoisotopic (exact) mass is 537 g/mol. The van der Waals surface area contributed by atoms with Crippen molar-refractivity contribution in [1.82, 2.24) is 15.0 Å². The number of carbonyl (C=O) groups is 1. The zero-order valence-corrected chi connectivity index (χ0v) is 22.2. The highest BCUT2D eigenvalue weighted by Gasteiger charge is 2.25. The molecule has 0 aliphatic rings. The van der Waals surface area contributed by atoms with Crippen LogP contribution in [0.15, 0.2) is 90.1 Å². The van der Waals surface area contributed by atoms with Gasteiger partial charge in [-0.1, -0.05) is 30.3 Å². The quantitative estimate of drug-likeness (QED) is 0.269. The van der Waals surface area contributed by atoms with Crippen LogP contribution in [0, 0.1) is 0 Å². The van der Waals surface area contributed by atoms with Gasteiger partial charge in [0.15, 0.2) is 11.5 Å². The van der Waals surface area contributed by atoms with Crippen LogP contribution < -0.4 is 30.0 Å². The standard InChI is InChI=1S/C30H27N5O5/c1-31-22-11-13-33-29(36)28(22)30(37)35(18-19-7-5-4-6-8-19)27-10-9-20(17-34-27)40-24-12-14-32-23-16-26(39-3)25(38-2)15-21(23)24/h4-17H,18H2,1-3H3,(H2,31,33,36). The molecule has 0 aliphatic carbocycles. The second kappa shape index (κ2) is 11.6. The Balaban J connectivity index is 1.49. The summed E-state index contributed by atoms with van der Waals surface area (Å²) in [6.45, 7) is 0.209. The van der Waals surface area contributed by atoms with Gasteiger partial charge in [0.1, 0.15) is 22.9 Å². The SMILES string of the molecule is CNc1cc[nH]c(=O)c1C(=O)N(Cc1ccccc1)c1ccc(Oc2ccnc3cc(OC)c(OC)cc23)cn1. The fourth-order valence-corrected chi connectivity index (χ4v) is 4.31. The Morgan fingerprint density at radius 1 is 0.950 bits per heavy atom. The van der Waals surface area contributed by atoms with Crippen LogP contribution in [0.1, 0.15) is 15.9 Å². The molecule has 5 rings (SSSR count). The van der Waals surface area contributed by atoms with Gasteiger partial charge in [-0.15, -0.1) is 0 Å². The van der Waals surface area contributed by atoms with Crippen LogP contribution in [0.2, 0.25) is 0 Å². The average Bonchev–Trinajstić information content (AvgIpc) is 3.00. The molecule has 3 heterocycles. The molecule has 10 nitrogen and oxygen atoms in total. The van der Waals surface area contributed by atoms with E-state index in [-0.39, 0.29) is 12.1 Å². The topological polar surface area (TPSA) is 119 Å². The average molecular weight is 538 g/mol. The van der Waals surface area contributed by atoms with Crippen LogP contribution in [0.4, 0.5) is 11.5 Å². The van der Waals surface area contributed by atoms with E-state index in [1.807, 2.05) is 30.3 Å². The summed E-state index contributed by atoms with van der Waals surface area (Å²) in [5, 5.41) is 3.65. The number of hydrogen-bond acceptors (Lipinski definition) is 8. The number of fused-ring (bicyclic) bond motifs is 1. The first kappa shape index (κ1) is 26.2. The number of nitrogens with one attached hydrogen (secondary N) is 2. The molecule has 0 bridgehead atoms. The number of ether oxygens (including phenoxy) is 3. The van der Waals surface area contributed by atoms with Crippen molar-refractivity contribution in [3.8, 4) is 23.0 Å². The highest BCUT2D eigenvalue weighted by atomic mass is 16.5. The molecule has 0 radical (unpaired) electrons. The summed E-state index contributed by atoms with van der Waals surface area (Å²) >= 11 is 0. The molecule has 2 N–H and O–H groups in total. The van der Waals surface area contributed by atoms with Gasteiger partial charge in [0.25, 0.3) is 11.5 Å². The summed E-state index contributed by atoms with van der Waals surface area (Å²) in [5.74, 6) is 1.98. The van der Waals surface area contributed by atoms with Crippen LogP contribution in [0.3, 0.4) is 0 Å². The van der Waals surface area contributed by atoms with Crippen molar-refractivity contribution in [2.24, 2.45) is 0 Å². The van der Waals surface area contributed by atoms with E-state index in [4.69, 9.17) is 14.2 Å². The molecule has 2 aromatic carbocycles. The minimum absolute atomic E-state index is 0.00399. The maximum Gasteiger partial charge on any atom is 0.267 e. The third kappa shape index (κ3) is 5.28. The van der Waals surface area contributed by atoms with Crippen LogP contribution in [0.25, 0.3) is 10.9 Å². The van der Waals surface area contributed by atoms with Crippen LogP contribution in [-0.4, -0.2) is 42.1 Å². The third-order valence-corrected chi connectivity index (χ3v) is 6.30. The molecular weight excluding hydrogens is 510 g/mol. The Morgan fingerprint density at radius 3 is 2.42 bits per heavy atom. The van der Waals surface area contributed by atoms with Crippen LogP contribution >= 0.6 is 0 Å². The molecule has 0 saturated carbocycles. The van der Waals surface area contributed by atoms with Crippen LogP contribution in [0.5, 0.6) is 23.0 Å². The number of carbonyl (C=O) groups excluding carboxylic acids is 1. The predicted molar refractivity (Wildman–Crippen MR) is 153 cm³/mol. The highest BCUT2D eigenvalue weighted by Crippen LogP contribution is 2.37. The fraction of sp³-hybridized carbons (Fsp3) is 0.133. The lowest BCUT2D eigenvalue weighted by atomic mass is 10.1. The minimum Gasteiger partial charge on any atom is -0.493 e. The highest BCUT2D eigenvalue weighted by molar-refractivity contribution is 6.08. The molecule has 10 heteroatoms. The maximum absolute atomic E-state index is 13.8. The zero-order chi connectivity index (χ0) is 28.1. The molecule has 0 atom stereocenters. The number of aromatic amines is 1. The van der Waals surface area contributed by atoms with Gasteiger partial charge in [-0.25, -0.2) is 4.98 Å². The van der Waals surface area contributed by atoms with Crippen molar-refractivity contribution in [2.45, 2.75) is 6.54 Å². The van der Waals surface area contributed by atoms with Gasteiger partial charge in [0.2, 0.25) is 0 Å². The fourth-order valence-electron chi connectivity index (χ4n) is 4.31. The molecule has 5 aromatic rings. The molecule has 1 amide bonds. The summed E-state index contributed by atoms with van der Waals surface area (Å²) < 4.78 is 17.0. The van der Waals surface area contributed by atoms with Gasteiger partial charge >= 0.3 is 0 Å². The normalized spacial score (nSPS) is 10.7. The van der Waals surface area contributed by atoms with Crippen molar-refractivity contribution in [1.29, 1.82) is 0 Å². The number of methoxy groups -OCH3 is 2. The van der Waals surface area contributed by atoms with E-state index in [9.17, 15) is 9.59 Å². The molecule has 202 valence electrons. The number of anilines is 2. The lowest BCUT2D eigenvalue weighted by molar-refractivity contribution is 0.0983. The Labute approximate surface area is 230 Å². The first-order chi connectivity index (χ1) is 19.5. The third-order valence-electron chi connectivity index (χ3n) is 6.30. The minimum atomic E-state index is -0.494. The summed E-state index contributed by atoms with van der Waals surface area (Å²) in [6.07, 6.45) is 4.66. The molecule has 0 unspecified atom stereocenters. The van der Waals surface area contributed by atoms with E-state index < -0.39 is 11.5 Å². The molecule has 0 fully saturated rings. The number of benzene rings is 2. The van der Waals surface area contributed by atoms with Gasteiger partial charge < -0.3 is 24.5 Å². The number of rotatable bonds is 9. The van der Waals surface area contributed by atoms with E-state index in [1.165, 1.54) is 17.3 Å². The van der Waals surface area contributed by atoms with Gasteiger partial charge in [-0.3, -0.25) is 19.5 Å². The molecule has 0 spiro atoms. The van der Waals surface area contributed by atoms with E-state index in [1.54, 1.807) is 63.9 Å². The summed E-state index contributed by atoms with van der Waals surface area (Å²) in [4.78, 5) is 39.4. The van der Waals surface area contributed by atoms with Crippen molar-refractivity contribution in [3.63, 3.8) is 0 Å². The maximum atomic E-state index is 13.8. The number of amides is 1. The van der Waals surface area contributed by atoms with Crippen molar-refractivity contribution < 1.29 is 19.0 Å². The molecular formula is C30H27N5O5. The Kier molecular flexibility index (Phi) is 7.58. The largest absolute Gasteiger partial charge is 0.493 e. The van der Waals surface area contributed by atoms with Crippen molar-refractivity contribution in [3.05, 3.63) is 107 Å². The Bertz CT molecular complexity index is 1700. The second-order valence-electron chi connectivity index (χ2n) is 8.71. The number of nitrogens with zero attached hydrogens (tertiary/aromatic N) is 3. The van der Waals surface area contributed by atoms with Gasteiger partial charge in [0.05, 0.1) is 38.2 Å². The van der Waals surface area contributed by atoms with E-state index >= 15 is 0 Å². The lowest BCUT2D eigenvalue weighted by Crippen LogP contribution is -2.35. The van der Waals surface area contributed by atoms with Crippen LogP contribution in [-0.2, 0) is 6.54 Å². The second-order valence-corrected chi connectivity index (χ2v) is 8.71. The Morgan fingerprint density at radius 2 is 1.73 bits per heavy atom. The molecule has 0 aliphatic heterocycles. The van der Waals surface area contributed by atoms with Gasteiger partial charge in [0, 0.05) is 30.9 Å². The molecule has 3 aromatic heterocycles. The van der Waals surface area contributed by atoms with E-state index in [0.717, 1.165) is 10.9 Å². The molecule has 0 saturated heterocycles. The summed E-state index contributed by atoms with van der Waals surface area (Å²) in [7, 11) is 4.79. The first-order valence-electron chi connectivity index (χ1n) is 12.4. The predicted octanol–water partition coefficient (Wildman–Crippen LogP) is 5.02. The smallest absolute Gasteiger partial charge is 0.267 e. The van der Waals surface area contributed by atoms with E-state index in [0.29, 0.717) is 40.0 Å². The van der Waals surface area contributed by atoms with Crippen molar-refractivity contribution in [2.75, 3.05) is 31.5 Å². The van der Waals surface area contributed by atoms with Gasteiger partial charge in [-0.05, 0) is 35.9 Å². The van der Waals surface area contributed by atoms with Gasteiger partial charge in [-0.2, -0.15) is 0 Å². The summed E-state index contributed by atoms with van der Waals surface area (Å²) in [5.41, 5.74) is 1.47. The number of H-pyrrole nitrogens is 1. The number of pyridine rings is 3. The lowest BCUT2D eigenvalue weighted by Gasteiger charge is -2.23. The summed E-state index contributed by atoms with van der Waals surface area (Å²) in [6, 6.07) is 19.9. The zero-order valence-electron chi connectivity index (χ0n) is 22.2. The number of aromatic nitrogens is 3. The molecule has 40 heavy (non-hydrogen) atoms. The van der Waals surface area contributed by atoms with Crippen molar-refractivity contribution >= 4 is 28.3 Å². The number of hydrogen-bond donors (Lipinski definition) is 2. The van der Waals surface area contributed by atoms with E-state index in [2.05, 4.69) is 20.3 Å².